The minimum Gasteiger partial charge on any atom is -0.457 e. The molecule has 2 aromatic carbocycles. The number of furan rings is 1. The van der Waals surface area contributed by atoms with Gasteiger partial charge in [0.2, 0.25) is 0 Å². The van der Waals surface area contributed by atoms with E-state index < -0.39 is 0 Å². The smallest absolute Gasteiger partial charge is 0.265 e. The number of amides is 1. The van der Waals surface area contributed by atoms with Crippen LogP contribution in [0.4, 0.5) is 5.69 Å². The number of hydrogen-bond donors (Lipinski definition) is 1. The van der Waals surface area contributed by atoms with E-state index >= 15 is 0 Å². The standard InChI is InChI=1S/C24H21BrN2O3S/c25-17-9-7-16(8-10-17)22(27-11-13-29-14-12-27)23-21(18-4-1-2-5-19(18)30-23)26-24(28)20-6-3-15-31-20/h1-10,15,22H,11-14H2,(H,26,28)/t22-/m1/s1. The van der Waals surface area contributed by atoms with Gasteiger partial charge in [-0.3, -0.25) is 9.69 Å². The zero-order valence-corrected chi connectivity index (χ0v) is 19.1. The molecule has 0 aliphatic carbocycles. The molecule has 1 aliphatic heterocycles. The van der Waals surface area contributed by atoms with Crippen LogP contribution in [0.25, 0.3) is 11.0 Å². The summed E-state index contributed by atoms with van der Waals surface area (Å²) >= 11 is 4.96. The number of nitrogens with zero attached hydrogens (tertiary/aromatic N) is 1. The van der Waals surface area contributed by atoms with E-state index in [1.54, 1.807) is 0 Å². The first kappa shape index (κ1) is 20.5. The lowest BCUT2D eigenvalue weighted by molar-refractivity contribution is 0.0206. The van der Waals surface area contributed by atoms with Crippen molar-refractivity contribution in [1.82, 2.24) is 4.90 Å². The number of hydrogen-bond acceptors (Lipinski definition) is 5. The molecule has 1 aliphatic rings. The lowest BCUT2D eigenvalue weighted by Crippen LogP contribution is -2.39. The number of carbonyl (C=O) groups excluding carboxylic acids is 1. The second-order valence-corrected chi connectivity index (χ2v) is 9.23. The molecule has 0 spiro atoms. The molecule has 0 radical (unpaired) electrons. The lowest BCUT2D eigenvalue weighted by Gasteiger charge is -2.34. The zero-order chi connectivity index (χ0) is 21.2. The van der Waals surface area contributed by atoms with Crippen LogP contribution in [0.1, 0.15) is 27.0 Å². The number of ether oxygens (including phenoxy) is 1. The van der Waals surface area contributed by atoms with Crippen molar-refractivity contribution in [1.29, 1.82) is 0 Å². The first-order chi connectivity index (χ1) is 15.2. The quantitative estimate of drug-likeness (QED) is 0.371. The number of nitrogens with one attached hydrogen (secondary N) is 1. The maximum Gasteiger partial charge on any atom is 0.265 e. The van der Waals surface area contributed by atoms with Gasteiger partial charge in [-0.1, -0.05) is 46.3 Å². The van der Waals surface area contributed by atoms with Gasteiger partial charge in [-0.2, -0.15) is 0 Å². The van der Waals surface area contributed by atoms with Gasteiger partial charge in [0.15, 0.2) is 0 Å². The van der Waals surface area contributed by atoms with Gasteiger partial charge in [0.05, 0.1) is 29.8 Å². The summed E-state index contributed by atoms with van der Waals surface area (Å²) in [5.41, 5.74) is 2.60. The molecule has 3 heterocycles. The van der Waals surface area contributed by atoms with E-state index in [0.29, 0.717) is 18.1 Å². The third-order valence-corrected chi connectivity index (χ3v) is 6.85. The Kier molecular flexibility index (Phi) is 5.91. The Morgan fingerprint density at radius 3 is 2.55 bits per heavy atom. The highest BCUT2D eigenvalue weighted by molar-refractivity contribution is 9.10. The molecule has 4 aromatic rings. The number of anilines is 1. The van der Waals surface area contributed by atoms with Crippen LogP contribution in [0.5, 0.6) is 0 Å². The largest absolute Gasteiger partial charge is 0.457 e. The minimum atomic E-state index is -0.136. The van der Waals surface area contributed by atoms with Crippen LogP contribution in [-0.4, -0.2) is 37.1 Å². The summed E-state index contributed by atoms with van der Waals surface area (Å²) in [6, 6.07) is 19.7. The summed E-state index contributed by atoms with van der Waals surface area (Å²) in [6.07, 6.45) is 0. The normalized spacial score (nSPS) is 15.8. The van der Waals surface area contributed by atoms with E-state index in [4.69, 9.17) is 9.15 Å². The molecule has 0 bridgehead atoms. The number of thiophene rings is 1. The molecule has 1 atom stereocenters. The van der Waals surface area contributed by atoms with Gasteiger partial charge in [-0.15, -0.1) is 11.3 Å². The summed E-state index contributed by atoms with van der Waals surface area (Å²) in [5, 5.41) is 5.95. The molecule has 1 N–H and O–H groups in total. The van der Waals surface area contributed by atoms with Crippen LogP contribution in [0, 0.1) is 0 Å². The van der Waals surface area contributed by atoms with Crippen LogP contribution in [0.3, 0.4) is 0 Å². The molecular formula is C24H21BrN2O3S. The highest BCUT2D eigenvalue weighted by Crippen LogP contribution is 2.41. The number of halogens is 1. The second kappa shape index (κ2) is 8.96. The highest BCUT2D eigenvalue weighted by atomic mass is 79.9. The first-order valence-electron chi connectivity index (χ1n) is 10.1. The van der Waals surface area contributed by atoms with Crippen molar-refractivity contribution in [3.63, 3.8) is 0 Å². The molecule has 1 amide bonds. The summed E-state index contributed by atoms with van der Waals surface area (Å²) in [5.74, 6) is 0.620. The Hall–Kier alpha value is -2.45. The Bertz CT molecular complexity index is 1180. The highest BCUT2D eigenvalue weighted by Gasteiger charge is 2.31. The second-order valence-electron chi connectivity index (χ2n) is 7.37. The Morgan fingerprint density at radius 2 is 1.81 bits per heavy atom. The van der Waals surface area contributed by atoms with Crippen molar-refractivity contribution in [3.05, 3.63) is 86.7 Å². The molecule has 5 rings (SSSR count). The van der Waals surface area contributed by atoms with E-state index in [9.17, 15) is 4.79 Å². The van der Waals surface area contributed by atoms with Crippen molar-refractivity contribution in [3.8, 4) is 0 Å². The predicted octanol–water partition coefficient (Wildman–Crippen LogP) is 5.93. The van der Waals surface area contributed by atoms with E-state index in [-0.39, 0.29) is 11.9 Å². The number of benzene rings is 2. The zero-order valence-electron chi connectivity index (χ0n) is 16.7. The summed E-state index contributed by atoms with van der Waals surface area (Å²) in [7, 11) is 0. The van der Waals surface area contributed by atoms with Gasteiger partial charge in [-0.25, -0.2) is 0 Å². The van der Waals surface area contributed by atoms with Gasteiger partial charge >= 0.3 is 0 Å². The molecule has 7 heteroatoms. The number of carbonyl (C=O) groups is 1. The molecule has 0 unspecified atom stereocenters. The monoisotopic (exact) mass is 496 g/mol. The van der Waals surface area contributed by atoms with Crippen LogP contribution >= 0.6 is 27.3 Å². The van der Waals surface area contributed by atoms with Crippen molar-refractivity contribution < 1.29 is 13.9 Å². The third kappa shape index (κ3) is 4.19. The van der Waals surface area contributed by atoms with Gasteiger partial charge in [0, 0.05) is 22.9 Å². The fraction of sp³-hybridized carbons (Fsp3) is 0.208. The summed E-state index contributed by atoms with van der Waals surface area (Å²) < 4.78 is 13.0. The van der Waals surface area contributed by atoms with Gasteiger partial charge in [0.25, 0.3) is 5.91 Å². The van der Waals surface area contributed by atoms with E-state index in [1.165, 1.54) is 11.3 Å². The van der Waals surface area contributed by atoms with Crippen LogP contribution < -0.4 is 5.32 Å². The Morgan fingerprint density at radius 1 is 1.03 bits per heavy atom. The number of fused-ring (bicyclic) bond motifs is 1. The van der Waals surface area contributed by atoms with Crippen LogP contribution in [-0.2, 0) is 4.74 Å². The Balaban J connectivity index is 1.64. The fourth-order valence-electron chi connectivity index (χ4n) is 3.98. The Labute approximate surface area is 192 Å². The van der Waals surface area contributed by atoms with Crippen molar-refractivity contribution >= 4 is 49.8 Å². The molecule has 2 aromatic heterocycles. The van der Waals surface area contributed by atoms with E-state index in [1.807, 2.05) is 53.9 Å². The van der Waals surface area contributed by atoms with Gasteiger partial charge in [-0.05, 0) is 41.3 Å². The average molecular weight is 497 g/mol. The van der Waals surface area contributed by atoms with Crippen molar-refractivity contribution in [2.24, 2.45) is 0 Å². The number of morpholine rings is 1. The van der Waals surface area contributed by atoms with E-state index in [2.05, 4.69) is 38.3 Å². The van der Waals surface area contributed by atoms with Gasteiger partial charge < -0.3 is 14.5 Å². The molecule has 0 saturated carbocycles. The molecule has 1 fully saturated rings. The average Bonchev–Trinajstić information content (AvgIpc) is 3.45. The molecular weight excluding hydrogens is 476 g/mol. The molecule has 158 valence electrons. The maximum absolute atomic E-state index is 13.0. The maximum atomic E-state index is 13.0. The van der Waals surface area contributed by atoms with Crippen LogP contribution in [0.15, 0.2) is 74.9 Å². The number of rotatable bonds is 5. The minimum absolute atomic E-state index is 0.126. The van der Waals surface area contributed by atoms with Crippen molar-refractivity contribution in [2.45, 2.75) is 6.04 Å². The number of para-hydroxylation sites is 1. The van der Waals surface area contributed by atoms with E-state index in [0.717, 1.165) is 45.5 Å². The fourth-order valence-corrected chi connectivity index (χ4v) is 4.86. The molecule has 31 heavy (non-hydrogen) atoms. The molecule has 5 nitrogen and oxygen atoms in total. The van der Waals surface area contributed by atoms with Crippen LogP contribution in [0.2, 0.25) is 0 Å². The van der Waals surface area contributed by atoms with Crippen molar-refractivity contribution in [2.75, 3.05) is 31.6 Å². The summed E-state index contributed by atoms with van der Waals surface area (Å²) in [4.78, 5) is 16.0. The molecule has 1 saturated heterocycles. The predicted molar refractivity (Wildman–Crippen MR) is 127 cm³/mol. The lowest BCUT2D eigenvalue weighted by atomic mass is 10.0. The van der Waals surface area contributed by atoms with Gasteiger partial charge in [0.1, 0.15) is 11.3 Å². The first-order valence-corrected chi connectivity index (χ1v) is 11.8. The SMILES string of the molecule is O=C(Nc1c([C@@H](c2ccc(Br)cc2)N2CCOCC2)oc2ccccc12)c1cccs1. The third-order valence-electron chi connectivity index (χ3n) is 5.45. The summed E-state index contributed by atoms with van der Waals surface area (Å²) in [6.45, 7) is 2.92. The topological polar surface area (TPSA) is 54.7 Å².